The standard InChI is InChI=1S/C8H10F4N4O/c9-6(10)8(11,12)4-16-7(17)15-2-1-13-3-5(15)14-16/h6,13H,1-4H2. The summed E-state index contributed by atoms with van der Waals surface area (Å²) in [6.07, 6.45) is -3.81. The summed E-state index contributed by atoms with van der Waals surface area (Å²) in [6, 6.07) is 0. The minimum atomic E-state index is -4.25. The van der Waals surface area contributed by atoms with E-state index in [9.17, 15) is 22.4 Å². The summed E-state index contributed by atoms with van der Waals surface area (Å²) in [7, 11) is 0. The third-order valence-electron chi connectivity index (χ3n) is 2.47. The van der Waals surface area contributed by atoms with Gasteiger partial charge in [0, 0.05) is 13.1 Å². The van der Waals surface area contributed by atoms with Crippen molar-refractivity contribution in [2.24, 2.45) is 0 Å². The van der Waals surface area contributed by atoms with Gasteiger partial charge in [-0.05, 0) is 0 Å². The summed E-state index contributed by atoms with van der Waals surface area (Å²) in [4.78, 5) is 11.6. The summed E-state index contributed by atoms with van der Waals surface area (Å²) in [5.74, 6) is -3.96. The van der Waals surface area contributed by atoms with E-state index in [0.717, 1.165) is 0 Å². The first-order valence-electron chi connectivity index (χ1n) is 4.95. The Morgan fingerprint density at radius 3 is 2.76 bits per heavy atom. The number of alkyl halides is 4. The van der Waals surface area contributed by atoms with E-state index in [0.29, 0.717) is 17.8 Å². The van der Waals surface area contributed by atoms with Crippen molar-refractivity contribution in [1.29, 1.82) is 0 Å². The topological polar surface area (TPSA) is 51.9 Å². The second kappa shape index (κ2) is 4.13. The zero-order valence-electron chi connectivity index (χ0n) is 8.67. The molecule has 0 saturated carbocycles. The lowest BCUT2D eigenvalue weighted by Crippen LogP contribution is -2.38. The lowest BCUT2D eigenvalue weighted by Gasteiger charge is -2.13. The SMILES string of the molecule is O=c1n(CC(F)(F)C(F)F)nc2n1CCNC2. The molecule has 2 heterocycles. The van der Waals surface area contributed by atoms with Crippen molar-refractivity contribution in [3.05, 3.63) is 16.3 Å². The molecule has 17 heavy (non-hydrogen) atoms. The van der Waals surface area contributed by atoms with Gasteiger partial charge in [0.15, 0.2) is 0 Å². The molecule has 1 aliphatic heterocycles. The number of fused-ring (bicyclic) bond motifs is 1. The Bertz CT molecular complexity index is 467. The molecule has 0 aromatic carbocycles. The van der Waals surface area contributed by atoms with Gasteiger partial charge in [-0.1, -0.05) is 0 Å². The van der Waals surface area contributed by atoms with Crippen molar-refractivity contribution in [3.8, 4) is 0 Å². The molecule has 0 aliphatic carbocycles. The van der Waals surface area contributed by atoms with Crippen molar-refractivity contribution < 1.29 is 17.6 Å². The van der Waals surface area contributed by atoms with Crippen LogP contribution in [0.25, 0.3) is 0 Å². The molecule has 1 aromatic heterocycles. The molecule has 5 nitrogen and oxygen atoms in total. The maximum atomic E-state index is 12.8. The lowest BCUT2D eigenvalue weighted by molar-refractivity contribution is -0.139. The minimum absolute atomic E-state index is 0.266. The van der Waals surface area contributed by atoms with Crippen LogP contribution in [0.1, 0.15) is 5.82 Å². The van der Waals surface area contributed by atoms with E-state index >= 15 is 0 Å². The zero-order valence-corrected chi connectivity index (χ0v) is 8.67. The minimum Gasteiger partial charge on any atom is -0.308 e. The molecule has 0 spiro atoms. The summed E-state index contributed by atoms with van der Waals surface area (Å²) in [6.45, 7) is -0.315. The van der Waals surface area contributed by atoms with E-state index in [4.69, 9.17) is 0 Å². The van der Waals surface area contributed by atoms with E-state index in [-0.39, 0.29) is 12.4 Å². The van der Waals surface area contributed by atoms with Crippen molar-refractivity contribution in [2.45, 2.75) is 32.0 Å². The monoisotopic (exact) mass is 254 g/mol. The largest absolute Gasteiger partial charge is 0.346 e. The quantitative estimate of drug-likeness (QED) is 0.775. The molecule has 0 saturated heterocycles. The molecule has 9 heteroatoms. The van der Waals surface area contributed by atoms with Crippen LogP contribution in [-0.4, -0.2) is 33.2 Å². The van der Waals surface area contributed by atoms with Gasteiger partial charge in [0.2, 0.25) is 0 Å². The van der Waals surface area contributed by atoms with Crippen molar-refractivity contribution in [1.82, 2.24) is 19.7 Å². The molecule has 0 unspecified atom stereocenters. The van der Waals surface area contributed by atoms with Crippen LogP contribution in [0, 0.1) is 0 Å². The van der Waals surface area contributed by atoms with Gasteiger partial charge in [0.1, 0.15) is 12.4 Å². The third-order valence-corrected chi connectivity index (χ3v) is 2.47. The Morgan fingerprint density at radius 2 is 2.18 bits per heavy atom. The predicted molar refractivity (Wildman–Crippen MR) is 49.1 cm³/mol. The number of halogens is 4. The van der Waals surface area contributed by atoms with Gasteiger partial charge >= 0.3 is 18.0 Å². The second-order valence-corrected chi connectivity index (χ2v) is 3.75. The highest BCUT2D eigenvalue weighted by molar-refractivity contribution is 4.91. The van der Waals surface area contributed by atoms with Crippen LogP contribution in [0.5, 0.6) is 0 Å². The van der Waals surface area contributed by atoms with E-state index in [1.54, 1.807) is 0 Å². The molecule has 1 N–H and O–H groups in total. The highest BCUT2D eigenvalue weighted by Gasteiger charge is 2.42. The highest BCUT2D eigenvalue weighted by Crippen LogP contribution is 2.23. The number of rotatable bonds is 3. The number of hydrogen-bond donors (Lipinski definition) is 1. The fourth-order valence-electron chi connectivity index (χ4n) is 1.60. The Hall–Kier alpha value is -1.38. The zero-order chi connectivity index (χ0) is 12.6. The van der Waals surface area contributed by atoms with Crippen molar-refractivity contribution in [3.63, 3.8) is 0 Å². The van der Waals surface area contributed by atoms with Crippen LogP contribution in [0.3, 0.4) is 0 Å². The van der Waals surface area contributed by atoms with E-state index in [1.165, 1.54) is 4.57 Å². The molecule has 96 valence electrons. The molecular weight excluding hydrogens is 244 g/mol. The van der Waals surface area contributed by atoms with Gasteiger partial charge in [-0.3, -0.25) is 4.57 Å². The lowest BCUT2D eigenvalue weighted by atomic mass is 10.3. The average Bonchev–Trinajstić information content (AvgIpc) is 2.56. The Kier molecular flexibility index (Phi) is 2.94. The van der Waals surface area contributed by atoms with Crippen molar-refractivity contribution in [2.75, 3.05) is 6.54 Å². The van der Waals surface area contributed by atoms with E-state index in [2.05, 4.69) is 10.4 Å². The Morgan fingerprint density at radius 1 is 1.47 bits per heavy atom. The molecular formula is C8H10F4N4O. The second-order valence-electron chi connectivity index (χ2n) is 3.75. The molecule has 1 aromatic rings. The molecule has 0 radical (unpaired) electrons. The summed E-state index contributed by atoms with van der Waals surface area (Å²) >= 11 is 0. The van der Waals surface area contributed by atoms with Crippen LogP contribution in [0.2, 0.25) is 0 Å². The Balaban J connectivity index is 2.29. The fraction of sp³-hybridized carbons (Fsp3) is 0.750. The number of nitrogens with one attached hydrogen (secondary N) is 1. The summed E-state index contributed by atoms with van der Waals surface area (Å²) < 4.78 is 51.2. The van der Waals surface area contributed by atoms with Crippen LogP contribution in [0.15, 0.2) is 4.79 Å². The predicted octanol–water partition coefficient (Wildman–Crippen LogP) is 0.0484. The maximum absolute atomic E-state index is 12.8. The molecule has 0 bridgehead atoms. The first kappa shape index (κ1) is 12.1. The van der Waals surface area contributed by atoms with E-state index in [1.807, 2.05) is 0 Å². The van der Waals surface area contributed by atoms with Crippen LogP contribution < -0.4 is 11.0 Å². The van der Waals surface area contributed by atoms with E-state index < -0.39 is 24.6 Å². The van der Waals surface area contributed by atoms with Gasteiger partial charge in [-0.25, -0.2) is 18.3 Å². The van der Waals surface area contributed by atoms with Gasteiger partial charge in [0.25, 0.3) is 0 Å². The Labute approximate surface area is 93.0 Å². The van der Waals surface area contributed by atoms with Crippen LogP contribution in [-0.2, 0) is 19.6 Å². The average molecular weight is 254 g/mol. The smallest absolute Gasteiger partial charge is 0.308 e. The number of hydrogen-bond acceptors (Lipinski definition) is 3. The molecule has 0 atom stereocenters. The maximum Gasteiger partial charge on any atom is 0.346 e. The van der Waals surface area contributed by atoms with Gasteiger partial charge in [-0.2, -0.15) is 13.9 Å². The molecule has 1 aliphatic rings. The number of aromatic nitrogens is 3. The first-order valence-corrected chi connectivity index (χ1v) is 4.95. The first-order chi connectivity index (χ1) is 7.92. The van der Waals surface area contributed by atoms with Crippen molar-refractivity contribution >= 4 is 0 Å². The van der Waals surface area contributed by atoms with Gasteiger partial charge in [-0.15, -0.1) is 0 Å². The van der Waals surface area contributed by atoms with Crippen LogP contribution >= 0.6 is 0 Å². The van der Waals surface area contributed by atoms with Gasteiger partial charge in [0.05, 0.1) is 6.54 Å². The number of nitrogens with zero attached hydrogens (tertiary/aromatic N) is 3. The molecule has 0 amide bonds. The summed E-state index contributed by atoms with van der Waals surface area (Å²) in [5, 5.41) is 6.51. The third kappa shape index (κ3) is 2.19. The normalized spacial score (nSPS) is 16.3. The van der Waals surface area contributed by atoms with Gasteiger partial charge < -0.3 is 5.32 Å². The molecule has 0 fully saturated rings. The molecule has 2 rings (SSSR count). The summed E-state index contributed by atoms with van der Waals surface area (Å²) in [5.41, 5.74) is -0.776. The fourth-order valence-corrected chi connectivity index (χ4v) is 1.60. The van der Waals surface area contributed by atoms with Crippen LogP contribution in [0.4, 0.5) is 17.6 Å². The highest BCUT2D eigenvalue weighted by atomic mass is 19.3.